The third-order valence-corrected chi connectivity index (χ3v) is 4.84. The molecule has 2 heterocycles. The van der Waals surface area contributed by atoms with Gasteiger partial charge in [0.15, 0.2) is 0 Å². The van der Waals surface area contributed by atoms with Crippen molar-refractivity contribution in [3.8, 4) is 11.3 Å². The summed E-state index contributed by atoms with van der Waals surface area (Å²) in [5, 5.41) is 24.9. The Bertz CT molecular complexity index is 947. The van der Waals surface area contributed by atoms with E-state index in [9.17, 15) is 15.2 Å². The van der Waals surface area contributed by atoms with Crippen molar-refractivity contribution in [2.45, 2.75) is 37.8 Å². The summed E-state index contributed by atoms with van der Waals surface area (Å²) in [5.74, 6) is 0.497. The van der Waals surface area contributed by atoms with Crippen LogP contribution in [-0.4, -0.2) is 37.1 Å². The lowest BCUT2D eigenvalue weighted by Crippen LogP contribution is -2.28. The van der Waals surface area contributed by atoms with Gasteiger partial charge in [0.25, 0.3) is 5.69 Å². The number of aliphatic hydroxyl groups excluding tert-OH is 1. The molecule has 1 fully saturated rings. The molecule has 26 heavy (non-hydrogen) atoms. The van der Waals surface area contributed by atoms with E-state index in [1.54, 1.807) is 30.6 Å². The number of non-ortho nitro benzene ring substituents is 1. The summed E-state index contributed by atoms with van der Waals surface area (Å²) in [4.78, 5) is 22.9. The number of H-pyrrole nitrogens is 1. The van der Waals surface area contributed by atoms with Crippen molar-refractivity contribution in [2.75, 3.05) is 5.32 Å². The molecule has 0 unspecified atom stereocenters. The fraction of sp³-hybridized carbons (Fsp3) is 0.333. The number of fused-ring (bicyclic) bond motifs is 1. The van der Waals surface area contributed by atoms with Gasteiger partial charge in [-0.1, -0.05) is 6.07 Å². The van der Waals surface area contributed by atoms with Crippen LogP contribution < -0.4 is 5.32 Å². The fourth-order valence-electron chi connectivity index (χ4n) is 3.50. The summed E-state index contributed by atoms with van der Waals surface area (Å²) in [6, 6.07) is 6.93. The number of aromatic nitrogens is 3. The zero-order valence-electron chi connectivity index (χ0n) is 14.1. The highest BCUT2D eigenvalue weighted by atomic mass is 16.6. The molecule has 8 heteroatoms. The Morgan fingerprint density at radius 1 is 1.23 bits per heavy atom. The molecule has 0 aliphatic heterocycles. The van der Waals surface area contributed by atoms with Gasteiger partial charge in [-0.15, -0.1) is 0 Å². The van der Waals surface area contributed by atoms with Crippen molar-refractivity contribution in [1.29, 1.82) is 0 Å². The molecule has 1 aliphatic carbocycles. The topological polar surface area (TPSA) is 117 Å². The molecule has 1 saturated carbocycles. The second-order valence-corrected chi connectivity index (χ2v) is 6.57. The Morgan fingerprint density at radius 2 is 2.04 bits per heavy atom. The van der Waals surface area contributed by atoms with Gasteiger partial charge in [0.05, 0.1) is 27.6 Å². The number of nitro groups is 1. The number of nitro benzene ring substituents is 1. The molecule has 1 aliphatic rings. The number of anilines is 1. The SMILES string of the molecule is O=[N+]([O-])c1cccc2[nH]cc(-c3ccnc(NC4CCC(O)CC4)n3)c12. The van der Waals surface area contributed by atoms with Crippen LogP contribution in [0.1, 0.15) is 25.7 Å². The van der Waals surface area contributed by atoms with Crippen molar-refractivity contribution in [1.82, 2.24) is 15.0 Å². The lowest BCUT2D eigenvalue weighted by molar-refractivity contribution is -0.383. The largest absolute Gasteiger partial charge is 0.393 e. The van der Waals surface area contributed by atoms with E-state index in [0.717, 1.165) is 25.7 Å². The molecule has 1 aromatic carbocycles. The summed E-state index contributed by atoms with van der Waals surface area (Å²) in [6.07, 6.45) is 6.45. The first kappa shape index (κ1) is 16.5. The normalized spacial score (nSPS) is 20.2. The molecule has 0 radical (unpaired) electrons. The molecule has 8 nitrogen and oxygen atoms in total. The van der Waals surface area contributed by atoms with Gasteiger partial charge < -0.3 is 15.4 Å². The highest BCUT2D eigenvalue weighted by Gasteiger charge is 2.21. The van der Waals surface area contributed by atoms with Crippen LogP contribution in [0.25, 0.3) is 22.2 Å². The maximum Gasteiger partial charge on any atom is 0.279 e. The molecule has 2 aromatic heterocycles. The molecule has 0 atom stereocenters. The minimum Gasteiger partial charge on any atom is -0.393 e. The van der Waals surface area contributed by atoms with Gasteiger partial charge in [-0.05, 0) is 37.8 Å². The zero-order valence-corrected chi connectivity index (χ0v) is 14.1. The number of rotatable bonds is 4. The highest BCUT2D eigenvalue weighted by Crippen LogP contribution is 2.34. The Kier molecular flexibility index (Phi) is 4.26. The first-order valence-electron chi connectivity index (χ1n) is 8.64. The minimum atomic E-state index is -0.382. The van der Waals surface area contributed by atoms with Gasteiger partial charge >= 0.3 is 0 Å². The highest BCUT2D eigenvalue weighted by molar-refractivity contribution is 6.01. The molecule has 0 bridgehead atoms. The standard InChI is InChI=1S/C18H19N5O3/c24-12-6-4-11(5-7-12)21-18-19-9-8-14(22-18)13-10-20-15-2-1-3-16(17(13)15)23(25)26/h1-3,8-12,20,24H,4-7H2,(H,19,21,22). The van der Waals surface area contributed by atoms with E-state index in [1.165, 1.54) is 6.07 Å². The predicted octanol–water partition coefficient (Wildman–Crippen LogP) is 3.25. The lowest BCUT2D eigenvalue weighted by Gasteiger charge is -2.26. The maximum atomic E-state index is 11.4. The summed E-state index contributed by atoms with van der Waals surface area (Å²) < 4.78 is 0. The van der Waals surface area contributed by atoms with E-state index in [0.29, 0.717) is 28.1 Å². The van der Waals surface area contributed by atoms with Crippen LogP contribution in [0.2, 0.25) is 0 Å². The van der Waals surface area contributed by atoms with E-state index in [1.807, 2.05) is 0 Å². The first-order chi connectivity index (χ1) is 12.6. The maximum absolute atomic E-state index is 11.4. The number of aliphatic hydroxyl groups is 1. The lowest BCUT2D eigenvalue weighted by atomic mass is 9.93. The van der Waals surface area contributed by atoms with Gasteiger partial charge in [-0.3, -0.25) is 10.1 Å². The van der Waals surface area contributed by atoms with E-state index in [2.05, 4.69) is 20.3 Å². The third kappa shape index (κ3) is 3.11. The quantitative estimate of drug-likeness (QED) is 0.489. The smallest absolute Gasteiger partial charge is 0.279 e. The van der Waals surface area contributed by atoms with Crippen molar-refractivity contribution in [2.24, 2.45) is 0 Å². The predicted molar refractivity (Wildman–Crippen MR) is 97.9 cm³/mol. The Hall–Kier alpha value is -3.00. The van der Waals surface area contributed by atoms with E-state index in [-0.39, 0.29) is 22.8 Å². The third-order valence-electron chi connectivity index (χ3n) is 4.84. The summed E-state index contributed by atoms with van der Waals surface area (Å²) in [7, 11) is 0. The number of benzene rings is 1. The number of hydrogen-bond donors (Lipinski definition) is 3. The van der Waals surface area contributed by atoms with Crippen LogP contribution in [0, 0.1) is 10.1 Å². The van der Waals surface area contributed by atoms with E-state index >= 15 is 0 Å². The number of nitrogens with one attached hydrogen (secondary N) is 2. The van der Waals surface area contributed by atoms with Gasteiger partial charge in [-0.25, -0.2) is 9.97 Å². The van der Waals surface area contributed by atoms with Crippen LogP contribution in [0.5, 0.6) is 0 Å². The zero-order chi connectivity index (χ0) is 18.1. The fourth-order valence-corrected chi connectivity index (χ4v) is 3.50. The second kappa shape index (κ2) is 6.72. The Balaban J connectivity index is 1.67. The van der Waals surface area contributed by atoms with Gasteiger partial charge in [-0.2, -0.15) is 0 Å². The van der Waals surface area contributed by atoms with Crippen molar-refractivity contribution in [3.05, 3.63) is 46.8 Å². The molecule has 0 spiro atoms. The van der Waals surface area contributed by atoms with Crippen LogP contribution >= 0.6 is 0 Å². The van der Waals surface area contributed by atoms with E-state index < -0.39 is 0 Å². The number of hydrogen-bond acceptors (Lipinski definition) is 6. The van der Waals surface area contributed by atoms with Crippen molar-refractivity contribution >= 4 is 22.5 Å². The van der Waals surface area contributed by atoms with Crippen molar-refractivity contribution < 1.29 is 10.0 Å². The second-order valence-electron chi connectivity index (χ2n) is 6.57. The molecule has 3 N–H and O–H groups in total. The van der Waals surface area contributed by atoms with Crippen LogP contribution in [-0.2, 0) is 0 Å². The molecule has 134 valence electrons. The van der Waals surface area contributed by atoms with Crippen LogP contribution in [0.4, 0.5) is 11.6 Å². The van der Waals surface area contributed by atoms with E-state index in [4.69, 9.17) is 0 Å². The Morgan fingerprint density at radius 3 is 2.81 bits per heavy atom. The minimum absolute atomic E-state index is 0.0492. The van der Waals surface area contributed by atoms with Crippen molar-refractivity contribution in [3.63, 3.8) is 0 Å². The first-order valence-corrected chi connectivity index (χ1v) is 8.64. The molecular formula is C18H19N5O3. The van der Waals surface area contributed by atoms with Gasteiger partial charge in [0.2, 0.25) is 5.95 Å². The molecule has 0 amide bonds. The summed E-state index contributed by atoms with van der Waals surface area (Å²) >= 11 is 0. The molecule has 4 rings (SSSR count). The number of nitrogens with zero attached hydrogens (tertiary/aromatic N) is 3. The molecule has 0 saturated heterocycles. The summed E-state index contributed by atoms with van der Waals surface area (Å²) in [6.45, 7) is 0. The number of aromatic amines is 1. The Labute approximate surface area is 149 Å². The molecule has 3 aromatic rings. The average molecular weight is 353 g/mol. The molecular weight excluding hydrogens is 334 g/mol. The monoisotopic (exact) mass is 353 g/mol. The van der Waals surface area contributed by atoms with Gasteiger partial charge in [0.1, 0.15) is 0 Å². The van der Waals surface area contributed by atoms with Crippen LogP contribution in [0.3, 0.4) is 0 Å². The summed E-state index contributed by atoms with van der Waals surface area (Å²) in [5.41, 5.74) is 2.05. The van der Waals surface area contributed by atoms with Crippen LogP contribution in [0.15, 0.2) is 36.7 Å². The average Bonchev–Trinajstić information content (AvgIpc) is 3.08. The van der Waals surface area contributed by atoms with Gasteiger partial charge in [0, 0.05) is 30.1 Å².